The number of nitrogens with zero attached hydrogens (tertiary/aromatic N) is 1. The van der Waals surface area contributed by atoms with Crippen molar-refractivity contribution in [3.05, 3.63) is 0 Å². The summed E-state index contributed by atoms with van der Waals surface area (Å²) in [6.45, 7) is 2.13. The second-order valence-corrected chi connectivity index (χ2v) is 2.78. The number of fused-ring (bicyclic) bond motifs is 2. The first-order chi connectivity index (χ1) is 3.86. The summed E-state index contributed by atoms with van der Waals surface area (Å²) in [5.41, 5.74) is 0. The maximum Gasteiger partial charge on any atom is 0.0718 e. The highest BCUT2D eigenvalue weighted by Gasteiger charge is 2.36. The van der Waals surface area contributed by atoms with Gasteiger partial charge >= 0.3 is 0 Å². The standard InChI is InChI=1S/C6H11NO/c1-7-3-6-2-5(7)4-8-6/h5-6H,2-4H2,1H3/t5-,6-/m0/s1. The fourth-order valence-electron chi connectivity index (χ4n) is 1.59. The van der Waals surface area contributed by atoms with E-state index < -0.39 is 0 Å². The minimum absolute atomic E-state index is 0.574. The van der Waals surface area contributed by atoms with Gasteiger partial charge in [-0.25, -0.2) is 0 Å². The van der Waals surface area contributed by atoms with Crippen molar-refractivity contribution < 1.29 is 4.74 Å². The average Bonchev–Trinajstić information content (AvgIpc) is 2.23. The monoisotopic (exact) mass is 113 g/mol. The van der Waals surface area contributed by atoms with E-state index in [1.54, 1.807) is 0 Å². The Morgan fingerprint density at radius 3 is 2.75 bits per heavy atom. The van der Waals surface area contributed by atoms with E-state index in [0.717, 1.165) is 19.2 Å². The number of ether oxygens (including phenoxy) is 1. The molecule has 2 heterocycles. The molecule has 0 aromatic heterocycles. The van der Waals surface area contributed by atoms with E-state index in [1.165, 1.54) is 6.42 Å². The summed E-state index contributed by atoms with van der Waals surface area (Å²) in [4.78, 5) is 2.38. The largest absolute Gasteiger partial charge is 0.375 e. The van der Waals surface area contributed by atoms with Crippen LogP contribution in [0.15, 0.2) is 0 Å². The molecule has 2 bridgehead atoms. The zero-order valence-electron chi connectivity index (χ0n) is 5.13. The molecule has 8 heavy (non-hydrogen) atoms. The summed E-state index contributed by atoms with van der Waals surface area (Å²) in [5, 5.41) is 0. The first-order valence-corrected chi connectivity index (χ1v) is 3.18. The topological polar surface area (TPSA) is 12.5 Å². The molecule has 0 saturated carbocycles. The fourth-order valence-corrected chi connectivity index (χ4v) is 1.59. The van der Waals surface area contributed by atoms with Gasteiger partial charge in [0.15, 0.2) is 0 Å². The van der Waals surface area contributed by atoms with Gasteiger partial charge in [0.25, 0.3) is 0 Å². The molecule has 0 aliphatic carbocycles. The second kappa shape index (κ2) is 1.45. The van der Waals surface area contributed by atoms with Crippen LogP contribution in [-0.4, -0.2) is 37.2 Å². The minimum Gasteiger partial charge on any atom is -0.375 e. The highest BCUT2D eigenvalue weighted by Crippen LogP contribution is 2.25. The number of hydrogen-bond acceptors (Lipinski definition) is 2. The number of morpholine rings is 1. The Labute approximate surface area is 49.4 Å². The molecule has 2 heteroatoms. The predicted octanol–water partition coefficient (Wildman–Crippen LogP) is 0.0893. The van der Waals surface area contributed by atoms with Gasteiger partial charge in [0.2, 0.25) is 0 Å². The van der Waals surface area contributed by atoms with Crippen molar-refractivity contribution in [2.45, 2.75) is 18.6 Å². The molecule has 2 saturated heterocycles. The lowest BCUT2D eigenvalue weighted by molar-refractivity contribution is 0.0416. The molecule has 0 N–H and O–H groups in total. The second-order valence-electron chi connectivity index (χ2n) is 2.78. The van der Waals surface area contributed by atoms with Gasteiger partial charge in [-0.2, -0.15) is 0 Å². The first-order valence-electron chi connectivity index (χ1n) is 3.18. The molecular weight excluding hydrogens is 102 g/mol. The van der Waals surface area contributed by atoms with E-state index in [0.29, 0.717) is 6.10 Å². The number of rotatable bonds is 0. The SMILES string of the molecule is CN1C[C@@H]2C[C@H]1CO2. The molecule has 0 amide bonds. The quantitative estimate of drug-likeness (QED) is 0.441. The van der Waals surface area contributed by atoms with Crippen LogP contribution in [0.2, 0.25) is 0 Å². The average molecular weight is 113 g/mol. The minimum atomic E-state index is 0.574. The lowest BCUT2D eigenvalue weighted by atomic mass is 10.2. The van der Waals surface area contributed by atoms with Crippen molar-refractivity contribution in [3.8, 4) is 0 Å². The summed E-state index contributed by atoms with van der Waals surface area (Å²) >= 11 is 0. The summed E-state index contributed by atoms with van der Waals surface area (Å²) in [7, 11) is 2.17. The van der Waals surface area contributed by atoms with Gasteiger partial charge in [0, 0.05) is 12.6 Å². The normalized spacial score (nSPS) is 46.1. The summed E-state index contributed by atoms with van der Waals surface area (Å²) in [6, 6.07) is 0.750. The smallest absolute Gasteiger partial charge is 0.0718 e. The van der Waals surface area contributed by atoms with Crippen molar-refractivity contribution in [3.63, 3.8) is 0 Å². The molecule has 2 atom stereocenters. The van der Waals surface area contributed by atoms with Gasteiger partial charge < -0.3 is 4.74 Å². The van der Waals surface area contributed by atoms with E-state index in [-0.39, 0.29) is 0 Å². The van der Waals surface area contributed by atoms with Crippen LogP contribution in [0, 0.1) is 0 Å². The van der Waals surface area contributed by atoms with Gasteiger partial charge in [0.05, 0.1) is 12.7 Å². The molecule has 2 fully saturated rings. The lowest BCUT2D eigenvalue weighted by Gasteiger charge is -2.21. The fraction of sp³-hybridized carbons (Fsp3) is 1.00. The lowest BCUT2D eigenvalue weighted by Crippen LogP contribution is -2.33. The van der Waals surface area contributed by atoms with Gasteiger partial charge in [-0.3, -0.25) is 4.90 Å². The third kappa shape index (κ3) is 0.501. The van der Waals surface area contributed by atoms with Crippen LogP contribution in [0.5, 0.6) is 0 Å². The Kier molecular flexibility index (Phi) is 0.866. The highest BCUT2D eigenvalue weighted by atomic mass is 16.5. The van der Waals surface area contributed by atoms with Crippen LogP contribution in [-0.2, 0) is 4.74 Å². The molecule has 46 valence electrons. The Balaban J connectivity index is 2.11. The van der Waals surface area contributed by atoms with Gasteiger partial charge in [-0.05, 0) is 13.5 Å². The zero-order chi connectivity index (χ0) is 5.56. The van der Waals surface area contributed by atoms with E-state index in [9.17, 15) is 0 Å². The Morgan fingerprint density at radius 2 is 2.50 bits per heavy atom. The van der Waals surface area contributed by atoms with E-state index in [4.69, 9.17) is 4.74 Å². The van der Waals surface area contributed by atoms with Crippen molar-refractivity contribution in [2.24, 2.45) is 0 Å². The molecule has 0 spiro atoms. The van der Waals surface area contributed by atoms with Gasteiger partial charge in [-0.1, -0.05) is 0 Å². The third-order valence-electron chi connectivity index (χ3n) is 2.17. The number of hydrogen-bond donors (Lipinski definition) is 0. The summed E-state index contributed by atoms with van der Waals surface area (Å²) < 4.78 is 5.38. The van der Waals surface area contributed by atoms with E-state index in [1.807, 2.05) is 0 Å². The maximum atomic E-state index is 5.38. The third-order valence-corrected chi connectivity index (χ3v) is 2.17. The number of likely N-dealkylation sites (tertiary alicyclic amines) is 1. The van der Waals surface area contributed by atoms with Crippen molar-refractivity contribution >= 4 is 0 Å². The van der Waals surface area contributed by atoms with Crippen molar-refractivity contribution in [1.29, 1.82) is 0 Å². The van der Waals surface area contributed by atoms with Crippen LogP contribution in [0.4, 0.5) is 0 Å². The van der Waals surface area contributed by atoms with Gasteiger partial charge in [-0.15, -0.1) is 0 Å². The van der Waals surface area contributed by atoms with Crippen LogP contribution in [0.25, 0.3) is 0 Å². The van der Waals surface area contributed by atoms with Crippen molar-refractivity contribution in [2.75, 3.05) is 20.2 Å². The predicted molar refractivity (Wildman–Crippen MR) is 30.8 cm³/mol. The van der Waals surface area contributed by atoms with E-state index in [2.05, 4.69) is 11.9 Å². The molecule has 2 rings (SSSR count). The Hall–Kier alpha value is -0.0800. The summed E-state index contributed by atoms with van der Waals surface area (Å²) in [6.07, 6.45) is 1.85. The first kappa shape index (κ1) is 4.77. The van der Waals surface area contributed by atoms with Crippen LogP contribution in [0.1, 0.15) is 6.42 Å². The number of likely N-dealkylation sites (N-methyl/N-ethyl adjacent to an activating group) is 1. The van der Waals surface area contributed by atoms with Crippen molar-refractivity contribution in [1.82, 2.24) is 4.90 Å². The van der Waals surface area contributed by atoms with Gasteiger partial charge in [0.1, 0.15) is 0 Å². The highest BCUT2D eigenvalue weighted by molar-refractivity contribution is 4.89. The zero-order valence-corrected chi connectivity index (χ0v) is 5.13. The van der Waals surface area contributed by atoms with E-state index >= 15 is 0 Å². The molecule has 2 aliphatic rings. The van der Waals surface area contributed by atoms with Crippen LogP contribution in [0.3, 0.4) is 0 Å². The maximum absolute atomic E-state index is 5.38. The Morgan fingerprint density at radius 1 is 1.62 bits per heavy atom. The molecule has 2 aliphatic heterocycles. The molecule has 0 aromatic rings. The van der Waals surface area contributed by atoms with Crippen LogP contribution < -0.4 is 0 Å². The Bertz CT molecular complexity index is 103. The van der Waals surface area contributed by atoms with Crippen LogP contribution >= 0.6 is 0 Å². The molecule has 0 radical (unpaired) electrons. The summed E-state index contributed by atoms with van der Waals surface area (Å²) in [5.74, 6) is 0. The molecule has 0 aromatic carbocycles. The molecular formula is C6H11NO. The molecule has 2 nitrogen and oxygen atoms in total. The molecule has 0 unspecified atom stereocenters.